The van der Waals surface area contributed by atoms with Crippen LogP contribution in [0.5, 0.6) is 5.75 Å². The highest BCUT2D eigenvalue weighted by molar-refractivity contribution is 5.98. The molecule has 0 aromatic heterocycles. The van der Waals surface area contributed by atoms with Gasteiger partial charge in [-0.05, 0) is 36.8 Å². The molecule has 1 atom stereocenters. The van der Waals surface area contributed by atoms with Gasteiger partial charge in [0.1, 0.15) is 5.75 Å². The number of carbonyl (C=O) groups is 2. The van der Waals surface area contributed by atoms with Gasteiger partial charge in [-0.25, -0.2) is 0 Å². The van der Waals surface area contributed by atoms with Crippen molar-refractivity contribution in [1.82, 2.24) is 5.32 Å². The number of ether oxygens (including phenoxy) is 1. The smallest absolute Gasteiger partial charge is 0.220 e. The number of halogens is 1. The van der Waals surface area contributed by atoms with E-state index < -0.39 is 0 Å². The van der Waals surface area contributed by atoms with Gasteiger partial charge >= 0.3 is 0 Å². The second-order valence-corrected chi connectivity index (χ2v) is 5.70. The first-order chi connectivity index (χ1) is 12.1. The minimum Gasteiger partial charge on any atom is -0.494 e. The Labute approximate surface area is 160 Å². The Bertz CT molecular complexity index is 690. The average Bonchev–Trinajstić information content (AvgIpc) is 2.65. The van der Waals surface area contributed by atoms with Crippen molar-refractivity contribution >= 4 is 24.1 Å². The van der Waals surface area contributed by atoms with Crippen LogP contribution in [0.4, 0.5) is 0 Å². The molecule has 0 fully saturated rings. The van der Waals surface area contributed by atoms with Crippen LogP contribution in [0.1, 0.15) is 41.7 Å². The number of benzene rings is 2. The molecule has 0 bridgehead atoms. The van der Waals surface area contributed by atoms with E-state index >= 15 is 0 Å². The molecule has 1 amide bonds. The maximum absolute atomic E-state index is 12.1. The second kappa shape index (κ2) is 11.3. The molecule has 140 valence electrons. The van der Waals surface area contributed by atoms with E-state index in [1.54, 1.807) is 24.3 Å². The summed E-state index contributed by atoms with van der Waals surface area (Å²) in [5.74, 6) is 0.489. The van der Waals surface area contributed by atoms with Crippen LogP contribution >= 0.6 is 12.4 Å². The molecule has 3 N–H and O–H groups in total. The molecular weight excluding hydrogens is 352 g/mol. The van der Waals surface area contributed by atoms with E-state index in [2.05, 4.69) is 5.32 Å². The van der Waals surface area contributed by atoms with Crippen LogP contribution < -0.4 is 15.8 Å². The topological polar surface area (TPSA) is 81.4 Å². The third-order valence-electron chi connectivity index (χ3n) is 3.81. The molecule has 6 heteroatoms. The maximum Gasteiger partial charge on any atom is 0.220 e. The summed E-state index contributed by atoms with van der Waals surface area (Å²) in [7, 11) is 0. The highest BCUT2D eigenvalue weighted by Crippen LogP contribution is 2.14. The zero-order valence-corrected chi connectivity index (χ0v) is 15.6. The van der Waals surface area contributed by atoms with Crippen LogP contribution in [0.25, 0.3) is 0 Å². The van der Waals surface area contributed by atoms with E-state index in [1.807, 2.05) is 37.3 Å². The molecule has 2 aromatic carbocycles. The largest absolute Gasteiger partial charge is 0.494 e. The SMILES string of the molecule is CCOc1ccc(C(=O)CCC(=O)NCC(N)c2ccccc2)cc1.Cl. The second-order valence-electron chi connectivity index (χ2n) is 5.70. The van der Waals surface area contributed by atoms with Gasteiger partial charge in [-0.1, -0.05) is 30.3 Å². The Kier molecular flexibility index (Phi) is 9.41. The number of hydrogen-bond acceptors (Lipinski definition) is 4. The summed E-state index contributed by atoms with van der Waals surface area (Å²) in [6, 6.07) is 16.3. The number of ketones is 1. The molecule has 0 radical (unpaired) electrons. The molecule has 26 heavy (non-hydrogen) atoms. The highest BCUT2D eigenvalue weighted by atomic mass is 35.5. The average molecular weight is 377 g/mol. The molecule has 0 spiro atoms. The lowest BCUT2D eigenvalue weighted by Gasteiger charge is -2.13. The van der Waals surface area contributed by atoms with Crippen LogP contribution in [0, 0.1) is 0 Å². The van der Waals surface area contributed by atoms with Crippen molar-refractivity contribution in [3.8, 4) is 5.75 Å². The highest BCUT2D eigenvalue weighted by Gasteiger charge is 2.11. The minimum atomic E-state index is -0.257. The minimum absolute atomic E-state index is 0. The lowest BCUT2D eigenvalue weighted by molar-refractivity contribution is -0.121. The summed E-state index contributed by atoms with van der Waals surface area (Å²) in [6.45, 7) is 2.83. The van der Waals surface area contributed by atoms with Crippen LogP contribution in [0.3, 0.4) is 0 Å². The van der Waals surface area contributed by atoms with E-state index in [9.17, 15) is 9.59 Å². The first-order valence-electron chi connectivity index (χ1n) is 8.43. The summed E-state index contributed by atoms with van der Waals surface area (Å²) < 4.78 is 5.34. The van der Waals surface area contributed by atoms with E-state index in [4.69, 9.17) is 10.5 Å². The van der Waals surface area contributed by atoms with Gasteiger partial charge in [0.05, 0.1) is 6.61 Å². The number of nitrogens with two attached hydrogens (primary N) is 1. The van der Waals surface area contributed by atoms with Gasteiger partial charge in [0.25, 0.3) is 0 Å². The van der Waals surface area contributed by atoms with Crippen molar-refractivity contribution in [3.05, 3.63) is 65.7 Å². The Hall–Kier alpha value is -2.37. The number of rotatable bonds is 9. The summed E-state index contributed by atoms with van der Waals surface area (Å²) in [5.41, 5.74) is 7.58. The molecule has 0 saturated heterocycles. The molecule has 2 aromatic rings. The number of amides is 1. The molecule has 1 unspecified atom stereocenters. The fourth-order valence-corrected chi connectivity index (χ4v) is 2.41. The predicted molar refractivity (Wildman–Crippen MR) is 105 cm³/mol. The van der Waals surface area contributed by atoms with Gasteiger partial charge in [0.15, 0.2) is 5.78 Å². The lowest BCUT2D eigenvalue weighted by atomic mass is 10.1. The van der Waals surface area contributed by atoms with Gasteiger partial charge in [0, 0.05) is 31.0 Å². The molecule has 0 aliphatic rings. The van der Waals surface area contributed by atoms with Gasteiger partial charge < -0.3 is 15.8 Å². The summed E-state index contributed by atoms with van der Waals surface area (Å²) in [4.78, 5) is 24.0. The summed E-state index contributed by atoms with van der Waals surface area (Å²) >= 11 is 0. The van der Waals surface area contributed by atoms with E-state index in [0.29, 0.717) is 18.7 Å². The molecule has 0 aliphatic heterocycles. The van der Waals surface area contributed by atoms with Crippen molar-refractivity contribution in [1.29, 1.82) is 0 Å². The predicted octanol–water partition coefficient (Wildman–Crippen LogP) is 3.29. The monoisotopic (exact) mass is 376 g/mol. The van der Waals surface area contributed by atoms with Crippen molar-refractivity contribution in [2.45, 2.75) is 25.8 Å². The van der Waals surface area contributed by atoms with E-state index in [0.717, 1.165) is 11.3 Å². The van der Waals surface area contributed by atoms with Gasteiger partial charge in [-0.2, -0.15) is 0 Å². The summed E-state index contributed by atoms with van der Waals surface area (Å²) in [5, 5.41) is 2.78. The van der Waals surface area contributed by atoms with Crippen molar-refractivity contribution in [3.63, 3.8) is 0 Å². The number of carbonyl (C=O) groups excluding carboxylic acids is 2. The zero-order valence-electron chi connectivity index (χ0n) is 14.8. The van der Waals surface area contributed by atoms with Crippen LogP contribution in [0.15, 0.2) is 54.6 Å². The Morgan fingerprint density at radius 2 is 1.69 bits per heavy atom. The van der Waals surface area contributed by atoms with Crippen molar-refractivity contribution < 1.29 is 14.3 Å². The number of hydrogen-bond donors (Lipinski definition) is 2. The van der Waals surface area contributed by atoms with Crippen molar-refractivity contribution in [2.75, 3.05) is 13.2 Å². The van der Waals surface area contributed by atoms with Crippen LogP contribution in [-0.2, 0) is 4.79 Å². The normalized spacial score (nSPS) is 11.2. The third-order valence-corrected chi connectivity index (χ3v) is 3.81. The molecule has 0 saturated carbocycles. The number of nitrogens with one attached hydrogen (secondary N) is 1. The van der Waals surface area contributed by atoms with Gasteiger partial charge in [0.2, 0.25) is 5.91 Å². The fraction of sp³-hybridized carbons (Fsp3) is 0.300. The van der Waals surface area contributed by atoms with Crippen molar-refractivity contribution in [2.24, 2.45) is 5.73 Å². The maximum atomic E-state index is 12.1. The standard InChI is InChI=1S/C20H24N2O3.ClH/c1-2-25-17-10-8-16(9-11-17)19(23)12-13-20(24)22-14-18(21)15-6-4-3-5-7-15;/h3-11,18H,2,12-14,21H2,1H3,(H,22,24);1H. The van der Waals surface area contributed by atoms with Crippen LogP contribution in [0.2, 0.25) is 0 Å². The van der Waals surface area contributed by atoms with Crippen LogP contribution in [-0.4, -0.2) is 24.8 Å². The van der Waals surface area contributed by atoms with Gasteiger partial charge in [-0.3, -0.25) is 9.59 Å². The van der Waals surface area contributed by atoms with Gasteiger partial charge in [-0.15, -0.1) is 12.4 Å². The first-order valence-corrected chi connectivity index (χ1v) is 8.43. The molecule has 0 aliphatic carbocycles. The van der Waals surface area contributed by atoms with E-state index in [-0.39, 0.29) is 43.0 Å². The zero-order chi connectivity index (χ0) is 18.1. The third kappa shape index (κ3) is 6.86. The lowest BCUT2D eigenvalue weighted by Crippen LogP contribution is -2.32. The molecular formula is C20H25ClN2O3. The molecule has 0 heterocycles. The summed E-state index contributed by atoms with van der Waals surface area (Å²) in [6.07, 6.45) is 0.313. The first kappa shape index (κ1) is 21.7. The molecule has 5 nitrogen and oxygen atoms in total. The quantitative estimate of drug-likeness (QED) is 0.658. The van der Waals surface area contributed by atoms with E-state index in [1.165, 1.54) is 0 Å². The Balaban J connectivity index is 0.00000338. The Morgan fingerprint density at radius 3 is 2.31 bits per heavy atom. The molecule has 2 rings (SSSR count). The number of Topliss-reactive ketones (excluding diaryl/α,β-unsaturated/α-hetero) is 1. The fourth-order valence-electron chi connectivity index (χ4n) is 2.41. The Morgan fingerprint density at radius 1 is 1.04 bits per heavy atom.